The molecule has 1 N–H and O–H groups in total. The minimum atomic E-state index is 0.101. The summed E-state index contributed by atoms with van der Waals surface area (Å²) < 4.78 is 10.7. The molecular formula is C14H17NO3. The highest BCUT2D eigenvalue weighted by molar-refractivity contribution is 5.94. The van der Waals surface area contributed by atoms with E-state index in [-0.39, 0.29) is 11.8 Å². The lowest BCUT2D eigenvalue weighted by atomic mass is 9.80. The van der Waals surface area contributed by atoms with Crippen LogP contribution in [0.5, 0.6) is 5.75 Å². The van der Waals surface area contributed by atoms with Crippen molar-refractivity contribution < 1.29 is 14.3 Å². The zero-order chi connectivity index (χ0) is 12.5. The maximum Gasteiger partial charge on any atom is 0.225 e. The third-order valence-electron chi connectivity index (χ3n) is 3.87. The summed E-state index contributed by atoms with van der Waals surface area (Å²) in [5, 5.41) is 2.93. The first-order valence-corrected chi connectivity index (χ1v) is 6.33. The Morgan fingerprint density at radius 1 is 1.44 bits per heavy atom. The fourth-order valence-electron chi connectivity index (χ4n) is 2.89. The van der Waals surface area contributed by atoms with Crippen molar-refractivity contribution >= 4 is 11.6 Å². The first kappa shape index (κ1) is 11.5. The lowest BCUT2D eigenvalue weighted by Crippen LogP contribution is -2.27. The molecule has 2 atom stereocenters. The van der Waals surface area contributed by atoms with E-state index in [4.69, 9.17) is 9.47 Å². The van der Waals surface area contributed by atoms with Gasteiger partial charge in [0.2, 0.25) is 5.91 Å². The molecule has 0 radical (unpaired) electrons. The lowest BCUT2D eigenvalue weighted by Gasteiger charge is -2.29. The minimum absolute atomic E-state index is 0.101. The van der Waals surface area contributed by atoms with Crippen molar-refractivity contribution in [2.24, 2.45) is 5.92 Å². The van der Waals surface area contributed by atoms with Gasteiger partial charge in [0.15, 0.2) is 0 Å². The van der Waals surface area contributed by atoms with Crippen LogP contribution in [0.3, 0.4) is 0 Å². The highest BCUT2D eigenvalue weighted by atomic mass is 16.5. The smallest absolute Gasteiger partial charge is 0.225 e. The predicted octanol–water partition coefficient (Wildman–Crippen LogP) is 2.16. The van der Waals surface area contributed by atoms with Gasteiger partial charge in [-0.3, -0.25) is 4.79 Å². The van der Waals surface area contributed by atoms with Crippen LogP contribution in [-0.4, -0.2) is 26.2 Å². The number of carbonyl (C=O) groups is 1. The fraction of sp³-hybridized carbons (Fsp3) is 0.500. The summed E-state index contributed by atoms with van der Waals surface area (Å²) in [5.74, 6) is 1.65. The molecule has 0 aromatic heterocycles. The van der Waals surface area contributed by atoms with Crippen molar-refractivity contribution in [3.63, 3.8) is 0 Å². The molecule has 1 fully saturated rings. The Morgan fingerprint density at radius 2 is 2.33 bits per heavy atom. The normalized spacial score (nSPS) is 26.6. The number of amides is 1. The van der Waals surface area contributed by atoms with Gasteiger partial charge in [0.05, 0.1) is 13.7 Å². The first-order valence-electron chi connectivity index (χ1n) is 6.33. The Morgan fingerprint density at radius 3 is 3.06 bits per heavy atom. The number of benzene rings is 1. The van der Waals surface area contributed by atoms with Crippen molar-refractivity contribution in [2.75, 3.05) is 25.6 Å². The number of nitrogens with one attached hydrogen (secondary N) is 1. The zero-order valence-corrected chi connectivity index (χ0v) is 10.4. The van der Waals surface area contributed by atoms with Crippen LogP contribution < -0.4 is 10.1 Å². The van der Waals surface area contributed by atoms with E-state index in [1.165, 1.54) is 5.56 Å². The summed E-state index contributed by atoms with van der Waals surface area (Å²) in [4.78, 5) is 11.8. The standard InChI is InChI=1S/C14H17NO3/c1-17-10-2-3-13-12(6-10)11(7-14(16)15-13)9-4-5-18-8-9/h2-3,6,9,11H,4-5,7-8H2,1H3,(H,15,16). The molecule has 1 saturated heterocycles. The molecule has 0 spiro atoms. The minimum Gasteiger partial charge on any atom is -0.497 e. The summed E-state index contributed by atoms with van der Waals surface area (Å²) in [7, 11) is 1.66. The zero-order valence-electron chi connectivity index (χ0n) is 10.4. The van der Waals surface area contributed by atoms with Crippen LogP contribution in [0.15, 0.2) is 18.2 Å². The molecule has 2 unspecified atom stereocenters. The molecule has 1 amide bonds. The molecule has 1 aromatic carbocycles. The Labute approximate surface area is 106 Å². The summed E-state index contributed by atoms with van der Waals surface area (Å²) in [6, 6.07) is 5.85. The molecule has 0 bridgehead atoms. The van der Waals surface area contributed by atoms with Crippen molar-refractivity contribution in [1.82, 2.24) is 0 Å². The molecule has 2 heterocycles. The van der Waals surface area contributed by atoms with E-state index in [0.717, 1.165) is 31.1 Å². The second-order valence-corrected chi connectivity index (χ2v) is 4.94. The van der Waals surface area contributed by atoms with Gasteiger partial charge in [-0.15, -0.1) is 0 Å². The Kier molecular flexibility index (Phi) is 2.96. The quantitative estimate of drug-likeness (QED) is 0.871. The summed E-state index contributed by atoms with van der Waals surface area (Å²) >= 11 is 0. The van der Waals surface area contributed by atoms with E-state index in [1.54, 1.807) is 7.11 Å². The van der Waals surface area contributed by atoms with Gasteiger partial charge < -0.3 is 14.8 Å². The van der Waals surface area contributed by atoms with Crippen LogP contribution in [0.25, 0.3) is 0 Å². The number of anilines is 1. The Balaban J connectivity index is 1.98. The van der Waals surface area contributed by atoms with Crippen LogP contribution in [-0.2, 0) is 9.53 Å². The van der Waals surface area contributed by atoms with Gasteiger partial charge in [0, 0.05) is 18.7 Å². The predicted molar refractivity (Wildman–Crippen MR) is 67.9 cm³/mol. The van der Waals surface area contributed by atoms with Gasteiger partial charge >= 0.3 is 0 Å². The maximum atomic E-state index is 11.8. The van der Waals surface area contributed by atoms with Crippen LogP contribution in [0.1, 0.15) is 24.3 Å². The molecule has 96 valence electrons. The van der Waals surface area contributed by atoms with E-state index >= 15 is 0 Å². The van der Waals surface area contributed by atoms with Crippen molar-refractivity contribution in [2.45, 2.75) is 18.8 Å². The van der Waals surface area contributed by atoms with Crippen LogP contribution in [0.2, 0.25) is 0 Å². The SMILES string of the molecule is COc1ccc2c(c1)C(C1CCOC1)CC(=O)N2. The number of hydrogen-bond acceptors (Lipinski definition) is 3. The van der Waals surface area contributed by atoms with Gasteiger partial charge in [-0.05, 0) is 42.0 Å². The molecule has 2 aliphatic rings. The van der Waals surface area contributed by atoms with Crippen LogP contribution in [0.4, 0.5) is 5.69 Å². The molecule has 3 rings (SSSR count). The summed E-state index contributed by atoms with van der Waals surface area (Å²) in [6.07, 6.45) is 1.59. The average Bonchev–Trinajstić information content (AvgIpc) is 2.91. The van der Waals surface area contributed by atoms with Crippen molar-refractivity contribution in [3.05, 3.63) is 23.8 Å². The van der Waals surface area contributed by atoms with Crippen molar-refractivity contribution in [3.8, 4) is 5.75 Å². The molecule has 1 aromatic rings. The van der Waals surface area contributed by atoms with Gasteiger partial charge in [-0.2, -0.15) is 0 Å². The summed E-state index contributed by atoms with van der Waals surface area (Å²) in [6.45, 7) is 1.57. The van der Waals surface area contributed by atoms with Gasteiger partial charge in [-0.25, -0.2) is 0 Å². The van der Waals surface area contributed by atoms with E-state index < -0.39 is 0 Å². The van der Waals surface area contributed by atoms with E-state index in [9.17, 15) is 4.79 Å². The molecule has 2 aliphatic heterocycles. The Hall–Kier alpha value is -1.55. The number of carbonyl (C=O) groups excluding carboxylic acids is 1. The lowest BCUT2D eigenvalue weighted by molar-refractivity contribution is -0.117. The molecule has 4 heteroatoms. The van der Waals surface area contributed by atoms with Crippen molar-refractivity contribution in [1.29, 1.82) is 0 Å². The van der Waals surface area contributed by atoms with Gasteiger partial charge in [0.1, 0.15) is 5.75 Å². The van der Waals surface area contributed by atoms with Crippen LogP contribution >= 0.6 is 0 Å². The van der Waals surface area contributed by atoms with E-state index in [0.29, 0.717) is 12.3 Å². The van der Waals surface area contributed by atoms with Gasteiger partial charge in [0.25, 0.3) is 0 Å². The number of hydrogen-bond donors (Lipinski definition) is 1. The second kappa shape index (κ2) is 4.61. The third kappa shape index (κ3) is 1.97. The highest BCUT2D eigenvalue weighted by Crippen LogP contribution is 2.41. The molecule has 0 aliphatic carbocycles. The van der Waals surface area contributed by atoms with Gasteiger partial charge in [-0.1, -0.05) is 0 Å². The maximum absolute atomic E-state index is 11.8. The number of fused-ring (bicyclic) bond motifs is 1. The second-order valence-electron chi connectivity index (χ2n) is 4.94. The van der Waals surface area contributed by atoms with E-state index in [2.05, 4.69) is 5.32 Å². The van der Waals surface area contributed by atoms with E-state index in [1.807, 2.05) is 18.2 Å². The largest absolute Gasteiger partial charge is 0.497 e. The Bertz CT molecular complexity index is 466. The molecule has 0 saturated carbocycles. The monoisotopic (exact) mass is 247 g/mol. The topological polar surface area (TPSA) is 47.6 Å². The number of methoxy groups -OCH3 is 1. The molecule has 4 nitrogen and oxygen atoms in total. The number of rotatable bonds is 2. The fourth-order valence-corrected chi connectivity index (χ4v) is 2.89. The first-order chi connectivity index (χ1) is 8.78. The molecule has 18 heavy (non-hydrogen) atoms. The number of ether oxygens (including phenoxy) is 2. The highest BCUT2D eigenvalue weighted by Gasteiger charge is 2.33. The average molecular weight is 247 g/mol. The van der Waals surface area contributed by atoms with Crippen LogP contribution in [0, 0.1) is 5.92 Å². The third-order valence-corrected chi connectivity index (χ3v) is 3.87. The summed E-state index contributed by atoms with van der Waals surface area (Å²) in [5.41, 5.74) is 2.11. The molecular weight excluding hydrogens is 230 g/mol.